The molecule has 1 aliphatic heterocycles. The van der Waals surface area contributed by atoms with E-state index in [4.69, 9.17) is 0 Å². The van der Waals surface area contributed by atoms with Gasteiger partial charge in [0.2, 0.25) is 0 Å². The molecule has 0 N–H and O–H groups in total. The van der Waals surface area contributed by atoms with Gasteiger partial charge in [-0.1, -0.05) is 123 Å². The Bertz CT molecular complexity index is 3010. The van der Waals surface area contributed by atoms with Crippen LogP contribution in [0.3, 0.4) is 0 Å². The fraction of sp³-hybridized carbons (Fsp3) is 0.0612. The molecule has 0 atom stereocenters. The summed E-state index contributed by atoms with van der Waals surface area (Å²) in [6, 6.07) is 62.5. The van der Waals surface area contributed by atoms with Crippen molar-refractivity contribution in [3.05, 3.63) is 180 Å². The number of hydrogen-bond donors (Lipinski definition) is 0. The van der Waals surface area contributed by atoms with Crippen LogP contribution in [0, 0.1) is 0 Å². The second-order valence-corrected chi connectivity index (χ2v) is 15.6. The molecule has 3 aromatic heterocycles. The molecule has 52 heavy (non-hydrogen) atoms. The lowest BCUT2D eigenvalue weighted by atomic mass is 9.78. The van der Waals surface area contributed by atoms with Crippen LogP contribution in [0.4, 0.5) is 0 Å². The molecular formula is C49H34N2S. The normalized spacial score (nSPS) is 13.3. The first-order chi connectivity index (χ1) is 25.5. The number of benzene rings is 7. The molecule has 0 unspecified atom stereocenters. The van der Waals surface area contributed by atoms with Crippen LogP contribution >= 0.6 is 11.3 Å². The average molecular weight is 683 g/mol. The van der Waals surface area contributed by atoms with Gasteiger partial charge in [-0.05, 0) is 94.0 Å². The van der Waals surface area contributed by atoms with E-state index in [0.717, 1.165) is 0 Å². The number of thiophene rings is 1. The third-order valence-corrected chi connectivity index (χ3v) is 12.7. The van der Waals surface area contributed by atoms with Gasteiger partial charge < -0.3 is 9.13 Å². The van der Waals surface area contributed by atoms with Crippen LogP contribution in [0.1, 0.15) is 24.3 Å². The zero-order valence-electron chi connectivity index (χ0n) is 29.0. The van der Waals surface area contributed by atoms with Gasteiger partial charge in [0, 0.05) is 42.4 Å². The van der Waals surface area contributed by atoms with Crippen LogP contribution in [0.5, 0.6) is 0 Å². The van der Waals surface area contributed by atoms with Crippen molar-refractivity contribution < 1.29 is 0 Å². The predicted molar refractivity (Wildman–Crippen MR) is 221 cm³/mol. The maximum atomic E-state index is 2.56. The Morgan fingerprint density at radius 2 is 0.981 bits per heavy atom. The minimum absolute atomic E-state index is 0.193. The smallest absolute Gasteiger partial charge is 0.0616 e. The largest absolute Gasteiger partial charge is 0.309 e. The third-order valence-electron chi connectivity index (χ3n) is 11.2. The Morgan fingerprint density at radius 3 is 1.73 bits per heavy atom. The topological polar surface area (TPSA) is 9.86 Å². The Labute approximate surface area is 306 Å². The van der Waals surface area contributed by atoms with Crippen LogP contribution in [0.25, 0.3) is 87.7 Å². The molecule has 0 aliphatic carbocycles. The molecule has 0 radical (unpaired) electrons. The van der Waals surface area contributed by atoms with Crippen LogP contribution in [0.2, 0.25) is 0 Å². The summed E-state index contributed by atoms with van der Waals surface area (Å²) < 4.78 is 4.95. The molecule has 246 valence electrons. The Morgan fingerprint density at radius 1 is 0.423 bits per heavy atom. The summed E-state index contributed by atoms with van der Waals surface area (Å²) in [4.78, 5) is 2.70. The van der Waals surface area contributed by atoms with Crippen molar-refractivity contribution >= 4 is 54.9 Å². The molecule has 0 spiro atoms. The first-order valence-electron chi connectivity index (χ1n) is 18.0. The lowest BCUT2D eigenvalue weighted by Crippen LogP contribution is -2.24. The standard InChI is InChI=1S/C49H34N2S/c1-49(2)41-29-35(32-16-8-4-9-17-32)28-40-39-26-33(31-14-6-3-7-15-31)22-24-44(39)51(47(40)41)45-30-46(52-48(45)49)34-23-25-43-38(27-34)37-20-12-13-21-42(37)50(43)36-18-10-5-11-19-36/h3-30H,1-2H3. The van der Waals surface area contributed by atoms with Crippen LogP contribution < -0.4 is 0 Å². The molecule has 3 heteroatoms. The predicted octanol–water partition coefficient (Wildman–Crippen LogP) is 13.6. The van der Waals surface area contributed by atoms with Gasteiger partial charge in [-0.3, -0.25) is 0 Å². The van der Waals surface area contributed by atoms with E-state index in [-0.39, 0.29) is 5.41 Å². The summed E-state index contributed by atoms with van der Waals surface area (Å²) in [5.74, 6) is 0. The molecule has 0 saturated heterocycles. The molecule has 0 fully saturated rings. The van der Waals surface area contributed by atoms with E-state index in [2.05, 4.69) is 193 Å². The van der Waals surface area contributed by atoms with Gasteiger partial charge in [0.05, 0.1) is 27.8 Å². The lowest BCUT2D eigenvalue weighted by Gasteiger charge is -2.32. The first-order valence-corrected chi connectivity index (χ1v) is 18.8. The molecule has 0 bridgehead atoms. The molecule has 1 aliphatic rings. The molecule has 0 amide bonds. The van der Waals surface area contributed by atoms with Crippen molar-refractivity contribution in [3.8, 4) is 44.1 Å². The van der Waals surface area contributed by atoms with Crippen LogP contribution in [-0.2, 0) is 5.41 Å². The minimum atomic E-state index is -0.193. The van der Waals surface area contributed by atoms with Crippen molar-refractivity contribution in [1.82, 2.24) is 9.13 Å². The maximum absolute atomic E-state index is 2.56. The molecule has 0 saturated carbocycles. The maximum Gasteiger partial charge on any atom is 0.0616 e. The number of hydrogen-bond acceptors (Lipinski definition) is 1. The highest BCUT2D eigenvalue weighted by Gasteiger charge is 2.38. The average Bonchev–Trinajstić information content (AvgIpc) is 3.89. The molecule has 2 nitrogen and oxygen atoms in total. The Kier molecular flexibility index (Phi) is 6.21. The van der Waals surface area contributed by atoms with Crippen molar-refractivity contribution in [2.45, 2.75) is 19.3 Å². The number of rotatable bonds is 4. The summed E-state index contributed by atoms with van der Waals surface area (Å²) in [7, 11) is 0. The fourth-order valence-corrected chi connectivity index (χ4v) is 9.98. The Hall–Kier alpha value is -6.16. The number of nitrogens with zero attached hydrogens (tertiary/aromatic N) is 2. The van der Waals surface area contributed by atoms with Gasteiger partial charge in [-0.25, -0.2) is 0 Å². The minimum Gasteiger partial charge on any atom is -0.309 e. The van der Waals surface area contributed by atoms with Crippen LogP contribution in [0.15, 0.2) is 170 Å². The van der Waals surface area contributed by atoms with Crippen molar-refractivity contribution in [1.29, 1.82) is 0 Å². The van der Waals surface area contributed by atoms with Gasteiger partial charge in [0.1, 0.15) is 0 Å². The Balaban J connectivity index is 1.16. The highest BCUT2D eigenvalue weighted by molar-refractivity contribution is 7.16. The summed E-state index contributed by atoms with van der Waals surface area (Å²) in [5.41, 5.74) is 14.9. The fourth-order valence-electron chi connectivity index (χ4n) is 8.72. The summed E-state index contributed by atoms with van der Waals surface area (Å²) in [6.07, 6.45) is 0. The molecular weight excluding hydrogens is 649 g/mol. The summed E-state index contributed by atoms with van der Waals surface area (Å²) in [6.45, 7) is 4.84. The summed E-state index contributed by atoms with van der Waals surface area (Å²) in [5, 5.41) is 5.16. The highest BCUT2D eigenvalue weighted by Crippen LogP contribution is 2.53. The lowest BCUT2D eigenvalue weighted by molar-refractivity contribution is 0.646. The monoisotopic (exact) mass is 682 g/mol. The molecule has 11 rings (SSSR count). The van der Waals surface area contributed by atoms with E-state index in [0.29, 0.717) is 0 Å². The van der Waals surface area contributed by atoms with Crippen molar-refractivity contribution in [2.24, 2.45) is 0 Å². The van der Waals surface area contributed by atoms with E-state index in [1.54, 1.807) is 0 Å². The second kappa shape index (κ2) is 10.9. The van der Waals surface area contributed by atoms with Gasteiger partial charge in [0.25, 0.3) is 0 Å². The van der Waals surface area contributed by atoms with E-state index in [1.165, 1.54) is 98.1 Å². The zero-order chi connectivity index (χ0) is 34.6. The van der Waals surface area contributed by atoms with E-state index < -0.39 is 0 Å². The van der Waals surface area contributed by atoms with Gasteiger partial charge in [-0.15, -0.1) is 11.3 Å². The zero-order valence-corrected chi connectivity index (χ0v) is 29.8. The highest BCUT2D eigenvalue weighted by atomic mass is 32.1. The second-order valence-electron chi connectivity index (χ2n) is 14.6. The molecule has 10 aromatic rings. The number of fused-ring (bicyclic) bond motifs is 8. The van der Waals surface area contributed by atoms with Crippen molar-refractivity contribution in [2.75, 3.05) is 0 Å². The number of aromatic nitrogens is 2. The summed E-state index contributed by atoms with van der Waals surface area (Å²) >= 11 is 1.95. The van der Waals surface area contributed by atoms with E-state index >= 15 is 0 Å². The van der Waals surface area contributed by atoms with E-state index in [1.807, 2.05) is 11.3 Å². The number of para-hydroxylation sites is 2. The third kappa shape index (κ3) is 4.17. The molecule has 4 heterocycles. The SMILES string of the molecule is CC1(C)c2sc(-c3ccc4c(c3)c3ccccc3n4-c3ccccc3)cc2-n2c3ccc(-c4ccccc4)cc3c3cc(-c4ccccc4)cc1c32. The van der Waals surface area contributed by atoms with Gasteiger partial charge in [-0.2, -0.15) is 0 Å². The van der Waals surface area contributed by atoms with Gasteiger partial charge >= 0.3 is 0 Å². The van der Waals surface area contributed by atoms with E-state index in [9.17, 15) is 0 Å². The van der Waals surface area contributed by atoms with Gasteiger partial charge in [0.15, 0.2) is 0 Å². The van der Waals surface area contributed by atoms with Crippen LogP contribution in [-0.4, -0.2) is 9.13 Å². The van der Waals surface area contributed by atoms with Crippen molar-refractivity contribution in [3.63, 3.8) is 0 Å². The molecule has 7 aromatic carbocycles. The first kappa shape index (κ1) is 29.6. The quantitative estimate of drug-likeness (QED) is 0.175.